The van der Waals surface area contributed by atoms with E-state index in [1.165, 1.54) is 27.2 Å². The highest BCUT2D eigenvalue weighted by Gasteiger charge is 2.08. The predicted octanol–water partition coefficient (Wildman–Crippen LogP) is 0.452. The molecule has 0 saturated heterocycles. The van der Waals surface area contributed by atoms with Gasteiger partial charge in [-0.25, -0.2) is 0 Å². The summed E-state index contributed by atoms with van der Waals surface area (Å²) in [6.45, 7) is 1.40. The lowest BCUT2D eigenvalue weighted by Gasteiger charge is -2.07. The zero-order chi connectivity index (χ0) is 10.6. The first-order chi connectivity index (χ1) is 6.67. The van der Waals surface area contributed by atoms with Gasteiger partial charge < -0.3 is 14.8 Å². The summed E-state index contributed by atoms with van der Waals surface area (Å²) < 4.78 is 9.76. The zero-order valence-electron chi connectivity index (χ0n) is 8.20. The van der Waals surface area contributed by atoms with Gasteiger partial charge in [-0.1, -0.05) is 0 Å². The monoisotopic (exact) mass is 197 g/mol. The molecule has 0 aliphatic rings. The molecule has 0 aliphatic carbocycles. The van der Waals surface area contributed by atoms with Crippen LogP contribution < -0.4 is 14.8 Å². The molecular formula is C8H11N3O3. The number of amides is 1. The van der Waals surface area contributed by atoms with Crippen LogP contribution in [-0.2, 0) is 4.79 Å². The predicted molar refractivity (Wildman–Crippen MR) is 49.4 cm³/mol. The summed E-state index contributed by atoms with van der Waals surface area (Å²) in [4.78, 5) is 10.8. The van der Waals surface area contributed by atoms with E-state index in [0.29, 0.717) is 11.6 Å². The molecule has 76 valence electrons. The fraction of sp³-hybridized carbons (Fsp3) is 0.375. The number of carbonyl (C=O) groups excluding carboxylic acids is 1. The third-order valence-corrected chi connectivity index (χ3v) is 1.45. The number of aromatic nitrogens is 2. The van der Waals surface area contributed by atoms with Crippen molar-refractivity contribution in [2.24, 2.45) is 0 Å². The second kappa shape index (κ2) is 4.40. The minimum Gasteiger partial charge on any atom is -0.480 e. The smallest absolute Gasteiger partial charge is 0.257 e. The highest BCUT2D eigenvalue weighted by Crippen LogP contribution is 2.23. The molecule has 0 saturated carbocycles. The van der Waals surface area contributed by atoms with Crippen molar-refractivity contribution < 1.29 is 14.3 Å². The van der Waals surface area contributed by atoms with Crippen LogP contribution in [0.15, 0.2) is 6.07 Å². The first kappa shape index (κ1) is 10.2. The summed E-state index contributed by atoms with van der Waals surface area (Å²) in [7, 11) is 2.91. The Hall–Kier alpha value is -1.85. The van der Waals surface area contributed by atoms with E-state index in [1.54, 1.807) is 0 Å². The van der Waals surface area contributed by atoms with Crippen LogP contribution in [0.3, 0.4) is 0 Å². The van der Waals surface area contributed by atoms with Crippen molar-refractivity contribution in [1.82, 2.24) is 10.2 Å². The topological polar surface area (TPSA) is 73.3 Å². The minimum atomic E-state index is -0.210. The van der Waals surface area contributed by atoms with Crippen molar-refractivity contribution in [3.05, 3.63) is 6.07 Å². The Morgan fingerprint density at radius 1 is 1.36 bits per heavy atom. The lowest BCUT2D eigenvalue weighted by atomic mass is 10.4. The van der Waals surface area contributed by atoms with E-state index in [4.69, 9.17) is 9.47 Å². The van der Waals surface area contributed by atoms with Gasteiger partial charge >= 0.3 is 0 Å². The molecule has 0 radical (unpaired) electrons. The van der Waals surface area contributed by atoms with E-state index < -0.39 is 0 Å². The van der Waals surface area contributed by atoms with Crippen molar-refractivity contribution in [1.29, 1.82) is 0 Å². The van der Waals surface area contributed by atoms with Crippen LogP contribution in [-0.4, -0.2) is 30.3 Å². The van der Waals surface area contributed by atoms with Crippen LogP contribution in [0, 0.1) is 0 Å². The standard InChI is InChI=1S/C8H11N3O3/c1-5(12)9-6-4-7(13-2)10-11-8(6)14-3/h4H,1-3H3,(H,9,10,12). The van der Waals surface area contributed by atoms with E-state index in [9.17, 15) is 4.79 Å². The molecule has 1 heterocycles. The molecule has 0 bridgehead atoms. The summed E-state index contributed by atoms with van der Waals surface area (Å²) in [5.74, 6) is 0.355. The van der Waals surface area contributed by atoms with Crippen molar-refractivity contribution in [2.45, 2.75) is 6.92 Å². The van der Waals surface area contributed by atoms with Crippen molar-refractivity contribution in [3.63, 3.8) is 0 Å². The average Bonchev–Trinajstić information content (AvgIpc) is 2.16. The molecule has 0 aliphatic heterocycles. The van der Waals surface area contributed by atoms with Crippen LogP contribution in [0.25, 0.3) is 0 Å². The molecule has 1 rings (SSSR count). The SMILES string of the molecule is COc1cc(NC(C)=O)c(OC)nn1. The molecule has 1 N–H and O–H groups in total. The highest BCUT2D eigenvalue weighted by atomic mass is 16.5. The largest absolute Gasteiger partial charge is 0.480 e. The average molecular weight is 197 g/mol. The van der Waals surface area contributed by atoms with E-state index in [0.717, 1.165) is 0 Å². The van der Waals surface area contributed by atoms with E-state index >= 15 is 0 Å². The summed E-state index contributed by atoms with van der Waals surface area (Å²) in [6.07, 6.45) is 0. The second-order valence-corrected chi connectivity index (χ2v) is 2.49. The van der Waals surface area contributed by atoms with Crippen LogP contribution in [0.1, 0.15) is 6.92 Å². The molecule has 14 heavy (non-hydrogen) atoms. The lowest BCUT2D eigenvalue weighted by Crippen LogP contribution is -2.09. The maximum absolute atomic E-state index is 10.8. The van der Waals surface area contributed by atoms with Crippen molar-refractivity contribution >= 4 is 11.6 Å². The highest BCUT2D eigenvalue weighted by molar-refractivity contribution is 5.90. The van der Waals surface area contributed by atoms with Crippen LogP contribution in [0.2, 0.25) is 0 Å². The first-order valence-electron chi connectivity index (χ1n) is 3.90. The van der Waals surface area contributed by atoms with Crippen LogP contribution >= 0.6 is 0 Å². The van der Waals surface area contributed by atoms with Crippen molar-refractivity contribution in [3.8, 4) is 11.8 Å². The van der Waals surface area contributed by atoms with E-state index in [1.807, 2.05) is 0 Å². The third kappa shape index (κ3) is 2.32. The van der Waals surface area contributed by atoms with Crippen molar-refractivity contribution in [2.75, 3.05) is 19.5 Å². The Labute approximate surface area is 81.2 Å². The van der Waals surface area contributed by atoms with Gasteiger partial charge in [-0.15, -0.1) is 10.2 Å². The number of rotatable bonds is 3. The maximum Gasteiger partial charge on any atom is 0.257 e. The Morgan fingerprint density at radius 3 is 2.57 bits per heavy atom. The Bertz CT molecular complexity index is 341. The molecule has 6 nitrogen and oxygen atoms in total. The molecule has 1 amide bonds. The van der Waals surface area contributed by atoms with Gasteiger partial charge in [0.1, 0.15) is 5.69 Å². The molecule has 0 aromatic carbocycles. The second-order valence-electron chi connectivity index (χ2n) is 2.49. The summed E-state index contributed by atoms with van der Waals surface area (Å²) in [5, 5.41) is 9.95. The lowest BCUT2D eigenvalue weighted by molar-refractivity contribution is -0.114. The Kier molecular flexibility index (Phi) is 3.22. The van der Waals surface area contributed by atoms with Crippen LogP contribution in [0.5, 0.6) is 11.8 Å². The van der Waals surface area contributed by atoms with Gasteiger partial charge in [-0.05, 0) is 0 Å². The summed E-state index contributed by atoms with van der Waals surface area (Å²) in [5.41, 5.74) is 0.437. The minimum absolute atomic E-state index is 0.210. The molecule has 6 heteroatoms. The van der Waals surface area contributed by atoms with E-state index in [2.05, 4.69) is 15.5 Å². The Balaban J connectivity index is 3.01. The fourth-order valence-electron chi connectivity index (χ4n) is 0.892. The van der Waals surface area contributed by atoms with Gasteiger partial charge in [0.2, 0.25) is 11.8 Å². The third-order valence-electron chi connectivity index (χ3n) is 1.45. The summed E-state index contributed by atoms with van der Waals surface area (Å²) >= 11 is 0. The summed E-state index contributed by atoms with van der Waals surface area (Å²) in [6, 6.07) is 1.53. The molecule has 1 aromatic heterocycles. The number of carbonyl (C=O) groups is 1. The number of hydrogen-bond donors (Lipinski definition) is 1. The fourth-order valence-corrected chi connectivity index (χ4v) is 0.892. The molecular weight excluding hydrogens is 186 g/mol. The molecule has 0 atom stereocenters. The van der Waals surface area contributed by atoms with Gasteiger partial charge in [0.25, 0.3) is 5.88 Å². The number of ether oxygens (including phenoxy) is 2. The van der Waals surface area contributed by atoms with Gasteiger partial charge in [-0.2, -0.15) is 0 Å². The molecule has 0 fully saturated rings. The number of nitrogens with zero attached hydrogens (tertiary/aromatic N) is 2. The van der Waals surface area contributed by atoms with Gasteiger partial charge in [0, 0.05) is 13.0 Å². The van der Waals surface area contributed by atoms with Crippen LogP contribution in [0.4, 0.5) is 5.69 Å². The zero-order valence-corrected chi connectivity index (χ0v) is 8.20. The number of anilines is 1. The molecule has 0 spiro atoms. The molecule has 0 unspecified atom stereocenters. The normalized spacial score (nSPS) is 9.36. The first-order valence-corrected chi connectivity index (χ1v) is 3.90. The quantitative estimate of drug-likeness (QED) is 0.761. The number of methoxy groups -OCH3 is 2. The number of hydrogen-bond acceptors (Lipinski definition) is 5. The Morgan fingerprint density at radius 2 is 2.07 bits per heavy atom. The van der Waals surface area contributed by atoms with Gasteiger partial charge in [0.05, 0.1) is 14.2 Å². The van der Waals surface area contributed by atoms with E-state index in [-0.39, 0.29) is 11.8 Å². The number of nitrogens with one attached hydrogen (secondary N) is 1. The van der Waals surface area contributed by atoms with Gasteiger partial charge in [0.15, 0.2) is 0 Å². The molecule has 1 aromatic rings. The van der Waals surface area contributed by atoms with Gasteiger partial charge in [-0.3, -0.25) is 4.79 Å². The maximum atomic E-state index is 10.8.